The van der Waals surface area contributed by atoms with Crippen LogP contribution in [0.3, 0.4) is 0 Å². The van der Waals surface area contributed by atoms with Gasteiger partial charge < -0.3 is 11.1 Å². The quantitative estimate of drug-likeness (QED) is 0.871. The normalized spacial score (nSPS) is 10.9. The number of hydrogen-bond acceptors (Lipinski definition) is 4. The second-order valence-corrected chi connectivity index (χ2v) is 5.70. The molecule has 0 aliphatic carbocycles. The molecule has 20 heavy (non-hydrogen) atoms. The van der Waals surface area contributed by atoms with E-state index in [2.05, 4.69) is 43.2 Å². The second kappa shape index (κ2) is 5.22. The van der Waals surface area contributed by atoms with Gasteiger partial charge in [-0.1, -0.05) is 39.0 Å². The molecule has 0 amide bonds. The Morgan fingerprint density at radius 3 is 2.60 bits per heavy atom. The zero-order valence-corrected chi connectivity index (χ0v) is 11.9. The molecule has 2 aromatic rings. The largest absolute Gasteiger partial charge is 0.397 e. The highest BCUT2D eigenvalue weighted by molar-refractivity contribution is 5.68. The van der Waals surface area contributed by atoms with Crippen molar-refractivity contribution in [1.82, 2.24) is 4.98 Å². The van der Waals surface area contributed by atoms with E-state index in [1.807, 2.05) is 18.2 Å². The fraction of sp³-hybridized carbons (Fsp3) is 0.250. The van der Waals surface area contributed by atoms with Crippen LogP contribution >= 0.6 is 0 Å². The van der Waals surface area contributed by atoms with Crippen LogP contribution in [-0.2, 0) is 5.41 Å². The van der Waals surface area contributed by atoms with Gasteiger partial charge in [-0.25, -0.2) is 4.98 Å². The van der Waals surface area contributed by atoms with Crippen LogP contribution in [0.25, 0.3) is 0 Å². The molecule has 1 aromatic heterocycles. The van der Waals surface area contributed by atoms with Crippen LogP contribution in [0.5, 0.6) is 0 Å². The van der Waals surface area contributed by atoms with Gasteiger partial charge in [0, 0.05) is 5.69 Å². The zero-order valence-electron chi connectivity index (χ0n) is 11.9. The van der Waals surface area contributed by atoms with Gasteiger partial charge in [0.2, 0.25) is 0 Å². The summed E-state index contributed by atoms with van der Waals surface area (Å²) in [5, 5.41) is 12.4. The minimum atomic E-state index is 0.00417. The molecular formula is C16H18N4. The molecule has 4 heteroatoms. The van der Waals surface area contributed by atoms with E-state index in [0.29, 0.717) is 17.1 Å². The number of para-hydroxylation sites is 1. The summed E-state index contributed by atoms with van der Waals surface area (Å²) >= 11 is 0. The van der Waals surface area contributed by atoms with Crippen molar-refractivity contribution in [1.29, 1.82) is 5.26 Å². The zero-order chi connectivity index (χ0) is 14.8. The van der Waals surface area contributed by atoms with Crippen molar-refractivity contribution in [3.05, 3.63) is 47.7 Å². The van der Waals surface area contributed by atoms with E-state index in [1.165, 1.54) is 5.56 Å². The Morgan fingerprint density at radius 2 is 1.95 bits per heavy atom. The molecule has 1 heterocycles. The number of nitrogens with one attached hydrogen (secondary N) is 1. The fourth-order valence-corrected chi connectivity index (χ4v) is 2.04. The first kappa shape index (κ1) is 13.9. The highest BCUT2D eigenvalue weighted by Gasteiger charge is 2.18. The molecule has 1 aromatic carbocycles. The molecule has 0 saturated carbocycles. The smallest absolute Gasteiger partial charge is 0.148 e. The summed E-state index contributed by atoms with van der Waals surface area (Å²) in [6.07, 6.45) is 1.54. The molecule has 0 bridgehead atoms. The van der Waals surface area contributed by atoms with Gasteiger partial charge in [-0.05, 0) is 23.1 Å². The number of hydrogen-bond donors (Lipinski definition) is 2. The van der Waals surface area contributed by atoms with Gasteiger partial charge in [0.1, 0.15) is 11.9 Å². The maximum atomic E-state index is 9.16. The average Bonchev–Trinajstić information content (AvgIpc) is 2.40. The summed E-state index contributed by atoms with van der Waals surface area (Å²) in [6, 6.07) is 11.8. The van der Waals surface area contributed by atoms with Crippen molar-refractivity contribution in [3.63, 3.8) is 0 Å². The summed E-state index contributed by atoms with van der Waals surface area (Å²) in [4.78, 5) is 4.21. The van der Waals surface area contributed by atoms with Crippen LogP contribution in [0.2, 0.25) is 0 Å². The number of nitrogens with two attached hydrogens (primary N) is 1. The van der Waals surface area contributed by atoms with Crippen molar-refractivity contribution in [2.75, 3.05) is 11.1 Å². The van der Waals surface area contributed by atoms with Crippen LogP contribution in [-0.4, -0.2) is 4.98 Å². The van der Waals surface area contributed by atoms with E-state index in [1.54, 1.807) is 12.3 Å². The van der Waals surface area contributed by atoms with Gasteiger partial charge in [0.15, 0.2) is 0 Å². The average molecular weight is 266 g/mol. The van der Waals surface area contributed by atoms with Crippen LogP contribution < -0.4 is 11.1 Å². The van der Waals surface area contributed by atoms with Crippen molar-refractivity contribution in [2.24, 2.45) is 0 Å². The van der Waals surface area contributed by atoms with Gasteiger partial charge in [-0.2, -0.15) is 5.26 Å². The minimum Gasteiger partial charge on any atom is -0.397 e. The van der Waals surface area contributed by atoms with Crippen LogP contribution in [0.15, 0.2) is 36.5 Å². The lowest BCUT2D eigenvalue weighted by atomic mass is 9.86. The molecule has 0 atom stereocenters. The molecule has 0 radical (unpaired) electrons. The number of nitrogens with zero attached hydrogens (tertiary/aromatic N) is 2. The Bertz CT molecular complexity index is 663. The van der Waals surface area contributed by atoms with Gasteiger partial charge in [0.05, 0.1) is 17.4 Å². The minimum absolute atomic E-state index is 0.00417. The number of anilines is 3. The fourth-order valence-electron chi connectivity index (χ4n) is 2.04. The van der Waals surface area contributed by atoms with E-state index in [4.69, 9.17) is 11.0 Å². The Morgan fingerprint density at radius 1 is 1.25 bits per heavy atom. The highest BCUT2D eigenvalue weighted by Crippen LogP contribution is 2.31. The Labute approximate surface area is 119 Å². The van der Waals surface area contributed by atoms with Crippen LogP contribution in [0, 0.1) is 11.3 Å². The first-order chi connectivity index (χ1) is 9.41. The van der Waals surface area contributed by atoms with Gasteiger partial charge >= 0.3 is 0 Å². The third kappa shape index (κ3) is 2.89. The van der Waals surface area contributed by atoms with Gasteiger partial charge in [-0.3, -0.25) is 0 Å². The molecule has 0 aliphatic heterocycles. The molecule has 0 unspecified atom stereocenters. The molecule has 2 rings (SSSR count). The molecule has 4 nitrogen and oxygen atoms in total. The lowest BCUT2D eigenvalue weighted by Crippen LogP contribution is -2.14. The van der Waals surface area contributed by atoms with E-state index in [9.17, 15) is 0 Å². The lowest BCUT2D eigenvalue weighted by molar-refractivity contribution is 0.592. The molecule has 102 valence electrons. The molecule has 3 N–H and O–H groups in total. The Hall–Kier alpha value is -2.54. The van der Waals surface area contributed by atoms with Crippen LogP contribution in [0.1, 0.15) is 31.9 Å². The maximum absolute atomic E-state index is 9.16. The van der Waals surface area contributed by atoms with E-state index >= 15 is 0 Å². The van der Waals surface area contributed by atoms with Crippen molar-refractivity contribution < 1.29 is 0 Å². The molecular weight excluding hydrogens is 248 g/mol. The summed E-state index contributed by atoms with van der Waals surface area (Å²) < 4.78 is 0. The third-order valence-electron chi connectivity index (χ3n) is 3.02. The second-order valence-electron chi connectivity index (χ2n) is 5.70. The Kier molecular flexibility index (Phi) is 3.62. The Balaban J connectivity index is 2.44. The highest BCUT2D eigenvalue weighted by atomic mass is 15.0. The standard InChI is InChI=1S/C16H18N4/c1-16(2,3)13-6-4-5-7-14(13)20-15-11(9-17)8-12(18)10-19-15/h4-8,10H,18H2,1-3H3,(H,19,20). The predicted molar refractivity (Wildman–Crippen MR) is 81.8 cm³/mol. The predicted octanol–water partition coefficient (Wildman–Crippen LogP) is 3.58. The van der Waals surface area contributed by atoms with E-state index in [0.717, 1.165) is 5.69 Å². The lowest BCUT2D eigenvalue weighted by Gasteiger charge is -2.23. The van der Waals surface area contributed by atoms with Gasteiger partial charge in [0.25, 0.3) is 0 Å². The number of pyridine rings is 1. The van der Waals surface area contributed by atoms with Crippen molar-refractivity contribution in [2.45, 2.75) is 26.2 Å². The summed E-state index contributed by atoms with van der Waals surface area (Å²) in [7, 11) is 0. The number of nitrogen functional groups attached to an aromatic ring is 1. The summed E-state index contributed by atoms with van der Waals surface area (Å²) in [5.41, 5.74) is 8.70. The van der Waals surface area contributed by atoms with Crippen molar-refractivity contribution >= 4 is 17.2 Å². The maximum Gasteiger partial charge on any atom is 0.148 e. The number of nitriles is 1. The number of aromatic nitrogens is 1. The number of benzene rings is 1. The SMILES string of the molecule is CC(C)(C)c1ccccc1Nc1ncc(N)cc1C#N. The van der Waals surface area contributed by atoms with E-state index < -0.39 is 0 Å². The summed E-state index contributed by atoms with van der Waals surface area (Å²) in [6.45, 7) is 6.44. The topological polar surface area (TPSA) is 74.7 Å². The molecule has 0 aliphatic rings. The molecule has 0 spiro atoms. The molecule has 0 fully saturated rings. The van der Waals surface area contributed by atoms with E-state index in [-0.39, 0.29) is 5.41 Å². The first-order valence-corrected chi connectivity index (χ1v) is 6.44. The number of rotatable bonds is 2. The third-order valence-corrected chi connectivity index (χ3v) is 3.02. The van der Waals surface area contributed by atoms with Crippen LogP contribution in [0.4, 0.5) is 17.2 Å². The van der Waals surface area contributed by atoms with Gasteiger partial charge in [-0.15, -0.1) is 0 Å². The monoisotopic (exact) mass is 266 g/mol. The van der Waals surface area contributed by atoms with Crippen molar-refractivity contribution in [3.8, 4) is 6.07 Å². The first-order valence-electron chi connectivity index (χ1n) is 6.44. The summed E-state index contributed by atoms with van der Waals surface area (Å²) in [5.74, 6) is 0.526. The molecule has 0 saturated heterocycles.